The topological polar surface area (TPSA) is 77.0 Å². The first-order valence-electron chi connectivity index (χ1n) is 9.79. The van der Waals surface area contributed by atoms with Gasteiger partial charge >= 0.3 is 5.97 Å². The van der Waals surface area contributed by atoms with Gasteiger partial charge in [0.05, 0.1) is 17.9 Å². The maximum Gasteiger partial charge on any atom is 0.338 e. The van der Waals surface area contributed by atoms with Crippen LogP contribution in [-0.2, 0) is 9.53 Å². The second kappa shape index (κ2) is 10.2. The Morgan fingerprint density at radius 3 is 2.37 bits per heavy atom. The molecule has 0 saturated carbocycles. The standard InChI is InChI=1S/C24H24N2O4/c1-3-14-29-24(28)19-10-12-22(13-11-19)30-16-23(27)26-25-17(2)20-9-8-18-6-4-5-7-21(18)15-20/h4-13,15H,3,14,16H2,1-2H3,(H,26,27)/b25-17+. The lowest BCUT2D eigenvalue weighted by Gasteiger charge is -2.07. The third-order valence-corrected chi connectivity index (χ3v) is 4.41. The molecule has 6 nitrogen and oxygen atoms in total. The summed E-state index contributed by atoms with van der Waals surface area (Å²) in [5.74, 6) is -0.270. The molecule has 0 atom stereocenters. The SMILES string of the molecule is CCCOC(=O)c1ccc(OCC(=O)N/N=C(\C)c2ccc3ccccc3c2)cc1. The summed E-state index contributed by atoms with van der Waals surface area (Å²) in [6.07, 6.45) is 0.769. The fourth-order valence-electron chi connectivity index (χ4n) is 2.77. The molecule has 0 spiro atoms. The Balaban J connectivity index is 1.51. The molecule has 0 aliphatic rings. The lowest BCUT2D eigenvalue weighted by atomic mass is 10.0. The maximum atomic E-state index is 12.0. The molecule has 0 unspecified atom stereocenters. The summed E-state index contributed by atoms with van der Waals surface area (Å²) >= 11 is 0. The summed E-state index contributed by atoms with van der Waals surface area (Å²) < 4.78 is 10.5. The zero-order valence-electron chi connectivity index (χ0n) is 17.1. The summed E-state index contributed by atoms with van der Waals surface area (Å²) in [4.78, 5) is 23.8. The van der Waals surface area contributed by atoms with Crippen molar-refractivity contribution in [2.75, 3.05) is 13.2 Å². The monoisotopic (exact) mass is 404 g/mol. The molecule has 0 bridgehead atoms. The number of carbonyl (C=O) groups is 2. The number of rotatable bonds is 8. The fraction of sp³-hybridized carbons (Fsp3) is 0.208. The number of hydrogen-bond donors (Lipinski definition) is 1. The summed E-state index contributed by atoms with van der Waals surface area (Å²) in [5.41, 5.74) is 4.57. The highest BCUT2D eigenvalue weighted by molar-refractivity contribution is 6.02. The number of hydrazone groups is 1. The molecule has 0 aromatic heterocycles. The van der Waals surface area contributed by atoms with E-state index in [0.29, 0.717) is 23.6 Å². The highest BCUT2D eigenvalue weighted by atomic mass is 16.5. The second-order valence-electron chi connectivity index (χ2n) is 6.74. The van der Waals surface area contributed by atoms with Crippen LogP contribution in [0.4, 0.5) is 0 Å². The molecular formula is C24H24N2O4. The van der Waals surface area contributed by atoms with Gasteiger partial charge in [0.25, 0.3) is 5.91 Å². The summed E-state index contributed by atoms with van der Waals surface area (Å²) in [7, 11) is 0. The largest absolute Gasteiger partial charge is 0.484 e. The molecule has 0 fully saturated rings. The minimum atomic E-state index is -0.375. The number of ether oxygens (including phenoxy) is 2. The average Bonchev–Trinajstić information content (AvgIpc) is 2.79. The van der Waals surface area contributed by atoms with E-state index >= 15 is 0 Å². The number of amides is 1. The number of fused-ring (bicyclic) bond motifs is 1. The molecule has 3 aromatic rings. The van der Waals surface area contributed by atoms with E-state index in [-0.39, 0.29) is 18.5 Å². The van der Waals surface area contributed by atoms with Crippen molar-refractivity contribution < 1.29 is 19.1 Å². The van der Waals surface area contributed by atoms with E-state index in [2.05, 4.69) is 10.5 Å². The van der Waals surface area contributed by atoms with Gasteiger partial charge in [0.1, 0.15) is 5.75 Å². The molecule has 0 radical (unpaired) electrons. The average molecular weight is 404 g/mol. The number of hydrogen-bond acceptors (Lipinski definition) is 5. The summed E-state index contributed by atoms with van der Waals surface area (Å²) in [6, 6.07) is 20.5. The Kier molecular flexibility index (Phi) is 7.16. The van der Waals surface area contributed by atoms with Gasteiger partial charge in [-0.3, -0.25) is 4.79 Å². The van der Waals surface area contributed by atoms with Crippen LogP contribution in [0, 0.1) is 0 Å². The van der Waals surface area contributed by atoms with Crippen LogP contribution in [-0.4, -0.2) is 30.8 Å². The van der Waals surface area contributed by atoms with Gasteiger partial charge < -0.3 is 9.47 Å². The van der Waals surface area contributed by atoms with E-state index in [0.717, 1.165) is 22.8 Å². The zero-order chi connectivity index (χ0) is 21.3. The van der Waals surface area contributed by atoms with Crippen molar-refractivity contribution in [3.8, 4) is 5.75 Å². The first kappa shape index (κ1) is 21.0. The van der Waals surface area contributed by atoms with Gasteiger partial charge in [-0.1, -0.05) is 43.3 Å². The summed E-state index contributed by atoms with van der Waals surface area (Å²) in [6.45, 7) is 3.97. The van der Waals surface area contributed by atoms with Crippen molar-refractivity contribution >= 4 is 28.4 Å². The fourth-order valence-corrected chi connectivity index (χ4v) is 2.77. The molecule has 30 heavy (non-hydrogen) atoms. The minimum Gasteiger partial charge on any atom is -0.484 e. The molecule has 154 valence electrons. The van der Waals surface area contributed by atoms with E-state index in [9.17, 15) is 9.59 Å². The Labute approximate surface area is 175 Å². The Morgan fingerprint density at radius 2 is 1.63 bits per heavy atom. The van der Waals surface area contributed by atoms with Crippen LogP contribution >= 0.6 is 0 Å². The Hall–Kier alpha value is -3.67. The van der Waals surface area contributed by atoms with Crippen LogP contribution in [0.3, 0.4) is 0 Å². The quantitative estimate of drug-likeness (QED) is 0.344. The van der Waals surface area contributed by atoms with Crippen molar-refractivity contribution in [2.45, 2.75) is 20.3 Å². The van der Waals surface area contributed by atoms with Crippen LogP contribution in [0.15, 0.2) is 71.8 Å². The van der Waals surface area contributed by atoms with Crippen LogP contribution in [0.5, 0.6) is 5.75 Å². The first-order chi connectivity index (χ1) is 14.6. The van der Waals surface area contributed by atoms with Crippen LogP contribution in [0.1, 0.15) is 36.2 Å². The third-order valence-electron chi connectivity index (χ3n) is 4.41. The Bertz CT molecular complexity index is 1060. The predicted octanol–water partition coefficient (Wildman–Crippen LogP) is 4.33. The third kappa shape index (κ3) is 5.67. The van der Waals surface area contributed by atoms with E-state index in [4.69, 9.17) is 9.47 Å². The molecule has 1 N–H and O–H groups in total. The van der Waals surface area contributed by atoms with Crippen LogP contribution in [0.25, 0.3) is 10.8 Å². The van der Waals surface area contributed by atoms with Gasteiger partial charge in [0.2, 0.25) is 0 Å². The van der Waals surface area contributed by atoms with Crippen molar-refractivity contribution in [2.24, 2.45) is 5.10 Å². The smallest absolute Gasteiger partial charge is 0.338 e. The number of nitrogens with one attached hydrogen (secondary N) is 1. The van der Waals surface area contributed by atoms with Crippen LogP contribution < -0.4 is 10.2 Å². The van der Waals surface area contributed by atoms with E-state index in [1.54, 1.807) is 24.3 Å². The zero-order valence-corrected chi connectivity index (χ0v) is 17.1. The molecule has 0 aliphatic heterocycles. The highest BCUT2D eigenvalue weighted by Gasteiger charge is 2.08. The van der Waals surface area contributed by atoms with Gasteiger partial charge in [0.15, 0.2) is 6.61 Å². The van der Waals surface area contributed by atoms with Crippen molar-refractivity contribution in [1.29, 1.82) is 0 Å². The van der Waals surface area contributed by atoms with Gasteiger partial charge in [-0.15, -0.1) is 0 Å². The normalized spacial score (nSPS) is 11.2. The number of nitrogens with zero attached hydrogens (tertiary/aromatic N) is 1. The Morgan fingerprint density at radius 1 is 0.933 bits per heavy atom. The number of carbonyl (C=O) groups excluding carboxylic acids is 2. The van der Waals surface area contributed by atoms with Gasteiger partial charge in [-0.05, 0) is 60.0 Å². The summed E-state index contributed by atoms with van der Waals surface area (Å²) in [5, 5.41) is 6.42. The lowest BCUT2D eigenvalue weighted by Crippen LogP contribution is -2.25. The first-order valence-corrected chi connectivity index (χ1v) is 9.79. The van der Waals surface area contributed by atoms with E-state index in [1.165, 1.54) is 0 Å². The lowest BCUT2D eigenvalue weighted by molar-refractivity contribution is -0.123. The molecule has 0 saturated heterocycles. The van der Waals surface area contributed by atoms with Crippen molar-refractivity contribution in [3.05, 3.63) is 77.9 Å². The highest BCUT2D eigenvalue weighted by Crippen LogP contribution is 2.16. The second-order valence-corrected chi connectivity index (χ2v) is 6.74. The number of benzene rings is 3. The molecule has 0 aliphatic carbocycles. The molecule has 6 heteroatoms. The minimum absolute atomic E-state index is 0.186. The van der Waals surface area contributed by atoms with E-state index < -0.39 is 0 Å². The molecule has 3 rings (SSSR count). The number of esters is 1. The molecule has 3 aromatic carbocycles. The van der Waals surface area contributed by atoms with Crippen molar-refractivity contribution in [1.82, 2.24) is 5.43 Å². The molecule has 0 heterocycles. The van der Waals surface area contributed by atoms with Gasteiger partial charge in [-0.25, -0.2) is 10.2 Å². The van der Waals surface area contributed by atoms with Crippen molar-refractivity contribution in [3.63, 3.8) is 0 Å². The van der Waals surface area contributed by atoms with Crippen LogP contribution in [0.2, 0.25) is 0 Å². The van der Waals surface area contributed by atoms with Gasteiger partial charge in [0, 0.05) is 0 Å². The maximum absolute atomic E-state index is 12.0. The molecule has 1 amide bonds. The van der Waals surface area contributed by atoms with Gasteiger partial charge in [-0.2, -0.15) is 5.10 Å². The molecular weight excluding hydrogens is 380 g/mol. The van der Waals surface area contributed by atoms with E-state index in [1.807, 2.05) is 56.3 Å². The predicted molar refractivity (Wildman–Crippen MR) is 117 cm³/mol.